The quantitative estimate of drug-likeness (QED) is 0.731. The third-order valence-corrected chi connectivity index (χ3v) is 5.67. The van der Waals surface area contributed by atoms with Gasteiger partial charge in [-0.1, -0.05) is 6.92 Å². The summed E-state index contributed by atoms with van der Waals surface area (Å²) in [5.41, 5.74) is 8.45. The van der Waals surface area contributed by atoms with Gasteiger partial charge in [0.25, 0.3) is 5.91 Å². The summed E-state index contributed by atoms with van der Waals surface area (Å²) in [6.07, 6.45) is 6.10. The Balaban J connectivity index is 1.68. The van der Waals surface area contributed by atoms with Crippen molar-refractivity contribution in [3.63, 3.8) is 0 Å². The number of nitrogens with zero attached hydrogens (tertiary/aromatic N) is 3. The fraction of sp³-hybridized carbons (Fsp3) is 0.409. The maximum absolute atomic E-state index is 13.0. The lowest BCUT2D eigenvalue weighted by Gasteiger charge is -2.31. The van der Waals surface area contributed by atoms with E-state index in [1.54, 1.807) is 18.5 Å². The molecule has 8 heteroatoms. The van der Waals surface area contributed by atoms with Gasteiger partial charge in [-0.2, -0.15) is 0 Å². The van der Waals surface area contributed by atoms with Crippen molar-refractivity contribution >= 4 is 22.9 Å². The SMILES string of the molecule is CCC1(C)Cc2cc(NC(=O)C(=CN)c3ncccn3)c(N3CCOCC3)cc2O1. The molecule has 3 heterocycles. The van der Waals surface area contributed by atoms with E-state index in [9.17, 15) is 4.79 Å². The lowest BCUT2D eigenvalue weighted by molar-refractivity contribution is -0.111. The molecule has 0 bridgehead atoms. The highest BCUT2D eigenvalue weighted by atomic mass is 16.5. The Morgan fingerprint density at radius 3 is 2.70 bits per heavy atom. The van der Waals surface area contributed by atoms with E-state index in [-0.39, 0.29) is 22.9 Å². The Morgan fingerprint density at radius 1 is 1.30 bits per heavy atom. The molecule has 1 aromatic carbocycles. The summed E-state index contributed by atoms with van der Waals surface area (Å²) in [5, 5.41) is 3.03. The minimum Gasteiger partial charge on any atom is -0.487 e. The summed E-state index contributed by atoms with van der Waals surface area (Å²) in [5.74, 6) is 0.809. The molecule has 4 rings (SSSR count). The van der Waals surface area contributed by atoms with Gasteiger partial charge in [0.05, 0.1) is 30.2 Å². The molecule has 0 saturated carbocycles. The number of carbonyl (C=O) groups is 1. The molecule has 1 fully saturated rings. The molecule has 0 radical (unpaired) electrons. The zero-order chi connectivity index (χ0) is 21.1. The largest absolute Gasteiger partial charge is 0.487 e. The molecule has 0 spiro atoms. The summed E-state index contributed by atoms with van der Waals surface area (Å²) in [4.78, 5) is 23.5. The Kier molecular flexibility index (Phi) is 5.59. The highest BCUT2D eigenvalue weighted by molar-refractivity contribution is 6.24. The van der Waals surface area contributed by atoms with E-state index in [1.807, 2.05) is 12.1 Å². The molecule has 2 aliphatic heterocycles. The van der Waals surface area contributed by atoms with Crippen LogP contribution in [0.3, 0.4) is 0 Å². The van der Waals surface area contributed by atoms with Gasteiger partial charge in [0.1, 0.15) is 11.4 Å². The molecule has 158 valence electrons. The number of hydrogen-bond donors (Lipinski definition) is 2. The minimum atomic E-state index is -0.352. The van der Waals surface area contributed by atoms with Crippen LogP contribution in [0.15, 0.2) is 36.8 Å². The van der Waals surface area contributed by atoms with Crippen LogP contribution in [0.1, 0.15) is 31.7 Å². The molecule has 1 aromatic heterocycles. The zero-order valence-corrected chi connectivity index (χ0v) is 17.4. The van der Waals surface area contributed by atoms with Crippen LogP contribution in [-0.2, 0) is 16.0 Å². The van der Waals surface area contributed by atoms with Gasteiger partial charge in [-0.15, -0.1) is 0 Å². The van der Waals surface area contributed by atoms with E-state index in [4.69, 9.17) is 15.2 Å². The second kappa shape index (κ2) is 8.31. The van der Waals surface area contributed by atoms with Gasteiger partial charge < -0.3 is 25.4 Å². The van der Waals surface area contributed by atoms with Crippen LogP contribution in [-0.4, -0.2) is 47.8 Å². The van der Waals surface area contributed by atoms with Crippen molar-refractivity contribution in [3.05, 3.63) is 48.2 Å². The number of morpholine rings is 1. The molecule has 0 aliphatic carbocycles. The van der Waals surface area contributed by atoms with Crippen molar-refractivity contribution in [1.29, 1.82) is 0 Å². The minimum absolute atomic E-state index is 0.221. The molecular weight excluding hydrogens is 382 g/mol. The number of hydrogen-bond acceptors (Lipinski definition) is 7. The summed E-state index contributed by atoms with van der Waals surface area (Å²) < 4.78 is 11.7. The highest BCUT2D eigenvalue weighted by Crippen LogP contribution is 2.43. The van der Waals surface area contributed by atoms with Crippen molar-refractivity contribution in [2.45, 2.75) is 32.3 Å². The Morgan fingerprint density at radius 2 is 2.03 bits per heavy atom. The van der Waals surface area contributed by atoms with E-state index in [0.29, 0.717) is 13.2 Å². The van der Waals surface area contributed by atoms with Crippen LogP contribution in [0, 0.1) is 0 Å². The lowest BCUT2D eigenvalue weighted by atomic mass is 9.96. The maximum Gasteiger partial charge on any atom is 0.261 e. The molecule has 3 N–H and O–H groups in total. The van der Waals surface area contributed by atoms with E-state index < -0.39 is 0 Å². The summed E-state index contributed by atoms with van der Waals surface area (Å²) in [6, 6.07) is 5.73. The van der Waals surface area contributed by atoms with Crippen LogP contribution < -0.4 is 20.7 Å². The first-order valence-electron chi connectivity index (χ1n) is 10.2. The van der Waals surface area contributed by atoms with Crippen molar-refractivity contribution in [1.82, 2.24) is 9.97 Å². The Labute approximate surface area is 176 Å². The summed E-state index contributed by atoms with van der Waals surface area (Å²) in [7, 11) is 0. The first-order chi connectivity index (χ1) is 14.5. The van der Waals surface area contributed by atoms with Crippen molar-refractivity contribution in [3.8, 4) is 5.75 Å². The number of rotatable bonds is 5. The van der Waals surface area contributed by atoms with Crippen LogP contribution in [0.5, 0.6) is 5.75 Å². The van der Waals surface area contributed by atoms with Crippen molar-refractivity contribution in [2.75, 3.05) is 36.5 Å². The van der Waals surface area contributed by atoms with Crippen LogP contribution >= 0.6 is 0 Å². The third-order valence-electron chi connectivity index (χ3n) is 5.67. The third kappa shape index (κ3) is 3.95. The van der Waals surface area contributed by atoms with E-state index in [0.717, 1.165) is 48.6 Å². The van der Waals surface area contributed by atoms with Crippen LogP contribution in [0.4, 0.5) is 11.4 Å². The van der Waals surface area contributed by atoms with Crippen LogP contribution in [0.2, 0.25) is 0 Å². The second-order valence-electron chi connectivity index (χ2n) is 7.77. The monoisotopic (exact) mass is 409 g/mol. The lowest BCUT2D eigenvalue weighted by Crippen LogP contribution is -2.36. The molecule has 1 atom stereocenters. The van der Waals surface area contributed by atoms with Gasteiger partial charge in [-0.25, -0.2) is 9.97 Å². The number of nitrogens with two attached hydrogens (primary N) is 1. The normalized spacial score (nSPS) is 21.1. The van der Waals surface area contributed by atoms with Gasteiger partial charge in [0.2, 0.25) is 0 Å². The fourth-order valence-corrected chi connectivity index (χ4v) is 3.79. The van der Waals surface area contributed by atoms with Crippen molar-refractivity contribution in [2.24, 2.45) is 5.73 Å². The van der Waals surface area contributed by atoms with Gasteiger partial charge >= 0.3 is 0 Å². The molecule has 2 aromatic rings. The van der Waals surface area contributed by atoms with E-state index in [1.165, 1.54) is 6.20 Å². The maximum atomic E-state index is 13.0. The second-order valence-corrected chi connectivity index (χ2v) is 7.77. The molecule has 2 aliphatic rings. The first-order valence-corrected chi connectivity index (χ1v) is 10.2. The average molecular weight is 409 g/mol. The first kappa shape index (κ1) is 20.2. The highest BCUT2D eigenvalue weighted by Gasteiger charge is 2.34. The zero-order valence-electron chi connectivity index (χ0n) is 17.4. The number of amides is 1. The van der Waals surface area contributed by atoms with Crippen LogP contribution in [0.25, 0.3) is 5.57 Å². The molecule has 1 amide bonds. The topological polar surface area (TPSA) is 103 Å². The predicted molar refractivity (Wildman–Crippen MR) is 115 cm³/mol. The number of benzene rings is 1. The van der Waals surface area contributed by atoms with Gasteiger partial charge in [-0.05, 0) is 25.5 Å². The molecule has 1 saturated heterocycles. The number of anilines is 2. The van der Waals surface area contributed by atoms with Gasteiger partial charge in [0.15, 0.2) is 5.82 Å². The molecule has 30 heavy (non-hydrogen) atoms. The van der Waals surface area contributed by atoms with Gasteiger partial charge in [-0.3, -0.25) is 4.79 Å². The molecule has 1 unspecified atom stereocenters. The Hall–Kier alpha value is -3.13. The summed E-state index contributed by atoms with van der Waals surface area (Å²) >= 11 is 0. The molecular formula is C22H27N5O3. The standard InChI is InChI=1S/C22H27N5O3/c1-3-22(2)13-15-11-17(18(12-19(15)30-22)27-7-9-29-10-8-27)26-21(28)16(14-23)20-24-5-4-6-25-20/h4-6,11-12,14H,3,7-10,13,23H2,1-2H3,(H,26,28). The van der Waals surface area contributed by atoms with E-state index >= 15 is 0 Å². The molecule has 8 nitrogen and oxygen atoms in total. The smallest absolute Gasteiger partial charge is 0.261 e. The number of ether oxygens (including phenoxy) is 2. The van der Waals surface area contributed by atoms with Gasteiger partial charge in [0, 0.05) is 49.7 Å². The Bertz CT molecular complexity index is 957. The number of nitrogens with one attached hydrogen (secondary N) is 1. The number of aromatic nitrogens is 2. The fourth-order valence-electron chi connectivity index (χ4n) is 3.79. The number of fused-ring (bicyclic) bond motifs is 1. The predicted octanol–water partition coefficient (Wildman–Crippen LogP) is 2.36. The summed E-state index contributed by atoms with van der Waals surface area (Å²) in [6.45, 7) is 7.01. The van der Waals surface area contributed by atoms with Crippen molar-refractivity contribution < 1.29 is 14.3 Å². The average Bonchev–Trinajstić information content (AvgIpc) is 3.11. The van der Waals surface area contributed by atoms with E-state index in [2.05, 4.69) is 34.0 Å². The number of carbonyl (C=O) groups excluding carboxylic acids is 1.